The van der Waals surface area contributed by atoms with Crippen molar-refractivity contribution in [3.63, 3.8) is 0 Å². The first kappa shape index (κ1) is 20.2. The van der Waals surface area contributed by atoms with Crippen molar-refractivity contribution in [2.45, 2.75) is 12.8 Å². The lowest BCUT2D eigenvalue weighted by molar-refractivity contribution is 0.215. The van der Waals surface area contributed by atoms with Crippen LogP contribution in [0.25, 0.3) is 0 Å². The minimum Gasteiger partial charge on any atom is -0.495 e. The summed E-state index contributed by atoms with van der Waals surface area (Å²) >= 11 is 1.43. The molecule has 3 aromatic rings. The van der Waals surface area contributed by atoms with E-state index in [9.17, 15) is 4.79 Å². The minimum absolute atomic E-state index is 0.108. The van der Waals surface area contributed by atoms with Crippen LogP contribution in [0.1, 0.15) is 17.8 Å². The Balaban J connectivity index is 1.35. The quantitative estimate of drug-likeness (QED) is 0.674. The molecule has 1 aromatic heterocycles. The van der Waals surface area contributed by atoms with E-state index in [1.165, 1.54) is 17.1 Å². The number of para-hydroxylation sites is 2. The van der Waals surface area contributed by atoms with Gasteiger partial charge in [-0.25, -0.2) is 9.78 Å². The van der Waals surface area contributed by atoms with Gasteiger partial charge in [-0.15, -0.1) is 0 Å². The largest absolute Gasteiger partial charge is 0.495 e. The maximum atomic E-state index is 12.8. The lowest BCUT2D eigenvalue weighted by Crippen LogP contribution is -2.38. The van der Waals surface area contributed by atoms with E-state index >= 15 is 0 Å². The summed E-state index contributed by atoms with van der Waals surface area (Å²) in [5, 5.41) is 3.89. The molecule has 0 aliphatic carbocycles. The maximum Gasteiger partial charge on any atom is 0.322 e. The zero-order chi connectivity index (χ0) is 20.8. The first-order chi connectivity index (χ1) is 14.7. The summed E-state index contributed by atoms with van der Waals surface area (Å²) in [7, 11) is 1.60. The van der Waals surface area contributed by atoms with Crippen LogP contribution in [0.4, 0.5) is 15.6 Å². The van der Waals surface area contributed by atoms with E-state index in [0.717, 1.165) is 36.9 Å². The summed E-state index contributed by atoms with van der Waals surface area (Å²) < 4.78 is 9.85. The van der Waals surface area contributed by atoms with Crippen LogP contribution in [0.5, 0.6) is 5.75 Å². The second kappa shape index (κ2) is 9.58. The standard InChI is InChI=1S/C22H25N5O2S/c1-29-19-11-6-5-10-18(19)23-21(28)26-12-7-13-27(15-14-26)22-24-20(25-30-22)16-17-8-3-2-4-9-17/h2-6,8-11H,7,12-16H2,1H3,(H,23,28). The number of ether oxygens (including phenoxy) is 1. The van der Waals surface area contributed by atoms with Crippen LogP contribution >= 0.6 is 11.5 Å². The Hall–Kier alpha value is -3.13. The summed E-state index contributed by atoms with van der Waals surface area (Å²) in [6.45, 7) is 2.93. The van der Waals surface area contributed by atoms with Crippen molar-refractivity contribution in [1.29, 1.82) is 0 Å². The van der Waals surface area contributed by atoms with Gasteiger partial charge < -0.3 is 19.9 Å². The Morgan fingerprint density at radius 3 is 2.70 bits per heavy atom. The Kier molecular flexibility index (Phi) is 6.44. The molecule has 2 amide bonds. The van der Waals surface area contributed by atoms with Gasteiger partial charge in [-0.05, 0) is 24.1 Å². The third kappa shape index (κ3) is 4.88. The molecule has 1 aliphatic rings. The number of nitrogens with zero attached hydrogens (tertiary/aromatic N) is 4. The van der Waals surface area contributed by atoms with E-state index in [1.807, 2.05) is 47.4 Å². The molecule has 0 spiro atoms. The van der Waals surface area contributed by atoms with Gasteiger partial charge >= 0.3 is 6.03 Å². The Morgan fingerprint density at radius 1 is 1.07 bits per heavy atom. The third-order valence-corrected chi connectivity index (χ3v) is 5.88. The number of benzene rings is 2. The van der Waals surface area contributed by atoms with Crippen molar-refractivity contribution in [2.24, 2.45) is 0 Å². The lowest BCUT2D eigenvalue weighted by atomic mass is 10.1. The molecule has 30 heavy (non-hydrogen) atoms. The number of methoxy groups -OCH3 is 1. The molecule has 1 fully saturated rings. The Bertz CT molecular complexity index is 978. The van der Waals surface area contributed by atoms with Crippen LogP contribution in [0, 0.1) is 0 Å². The molecule has 7 nitrogen and oxygen atoms in total. The average Bonchev–Trinajstić information content (AvgIpc) is 3.09. The average molecular weight is 424 g/mol. The van der Waals surface area contributed by atoms with Gasteiger partial charge in [0.25, 0.3) is 0 Å². The number of anilines is 2. The number of urea groups is 1. The maximum absolute atomic E-state index is 12.8. The van der Waals surface area contributed by atoms with Gasteiger partial charge in [0.15, 0.2) is 0 Å². The molecule has 4 rings (SSSR count). The van der Waals surface area contributed by atoms with E-state index in [4.69, 9.17) is 9.72 Å². The van der Waals surface area contributed by atoms with Gasteiger partial charge in [-0.2, -0.15) is 4.37 Å². The topological polar surface area (TPSA) is 70.6 Å². The number of amides is 2. The highest BCUT2D eigenvalue weighted by atomic mass is 32.1. The summed E-state index contributed by atoms with van der Waals surface area (Å²) in [5.74, 6) is 1.50. The van der Waals surface area contributed by atoms with Crippen molar-refractivity contribution in [3.05, 3.63) is 66.0 Å². The number of rotatable bonds is 5. The van der Waals surface area contributed by atoms with Crippen LogP contribution in [0.2, 0.25) is 0 Å². The summed E-state index contributed by atoms with van der Waals surface area (Å²) in [4.78, 5) is 21.6. The predicted octanol–water partition coefficient (Wildman–Crippen LogP) is 3.88. The second-order valence-corrected chi connectivity index (χ2v) is 7.84. The molecular formula is C22H25N5O2S. The van der Waals surface area contributed by atoms with E-state index < -0.39 is 0 Å². The van der Waals surface area contributed by atoms with E-state index in [0.29, 0.717) is 24.5 Å². The molecule has 8 heteroatoms. The Labute approximate surface area is 180 Å². The van der Waals surface area contributed by atoms with Crippen molar-refractivity contribution in [1.82, 2.24) is 14.3 Å². The molecule has 0 radical (unpaired) electrons. The highest BCUT2D eigenvalue weighted by molar-refractivity contribution is 7.09. The van der Waals surface area contributed by atoms with Crippen LogP contribution in [-0.2, 0) is 6.42 Å². The smallest absolute Gasteiger partial charge is 0.322 e. The number of carbonyl (C=O) groups is 1. The highest BCUT2D eigenvalue weighted by Crippen LogP contribution is 2.24. The monoisotopic (exact) mass is 423 g/mol. The SMILES string of the molecule is COc1ccccc1NC(=O)N1CCCN(c2nc(Cc3ccccc3)ns2)CC1. The summed E-state index contributed by atoms with van der Waals surface area (Å²) in [6.07, 6.45) is 1.62. The molecular weight excluding hydrogens is 398 g/mol. The van der Waals surface area contributed by atoms with E-state index in [2.05, 4.69) is 26.7 Å². The molecule has 0 unspecified atom stereocenters. The second-order valence-electron chi connectivity index (χ2n) is 7.11. The zero-order valence-electron chi connectivity index (χ0n) is 17.0. The third-order valence-electron chi connectivity index (χ3n) is 5.06. The van der Waals surface area contributed by atoms with Crippen molar-refractivity contribution >= 4 is 28.4 Å². The predicted molar refractivity (Wildman–Crippen MR) is 120 cm³/mol. The van der Waals surface area contributed by atoms with Crippen LogP contribution < -0.4 is 15.0 Å². The molecule has 156 valence electrons. The minimum atomic E-state index is -0.108. The fourth-order valence-corrected chi connectivity index (χ4v) is 4.21. The Morgan fingerprint density at radius 2 is 1.87 bits per heavy atom. The number of hydrogen-bond acceptors (Lipinski definition) is 6. The fraction of sp³-hybridized carbons (Fsp3) is 0.318. The van der Waals surface area contributed by atoms with Crippen LogP contribution in [0.3, 0.4) is 0 Å². The highest BCUT2D eigenvalue weighted by Gasteiger charge is 2.22. The summed E-state index contributed by atoms with van der Waals surface area (Å²) in [6, 6.07) is 17.6. The van der Waals surface area contributed by atoms with Gasteiger partial charge in [-0.3, -0.25) is 0 Å². The number of nitrogens with one attached hydrogen (secondary N) is 1. The molecule has 2 aromatic carbocycles. The normalized spacial score (nSPS) is 14.3. The first-order valence-electron chi connectivity index (χ1n) is 10.0. The van der Waals surface area contributed by atoms with E-state index in [-0.39, 0.29) is 6.03 Å². The molecule has 1 saturated heterocycles. The molecule has 1 aliphatic heterocycles. The lowest BCUT2D eigenvalue weighted by Gasteiger charge is -2.22. The van der Waals surface area contributed by atoms with Crippen molar-refractivity contribution in [3.8, 4) is 5.75 Å². The number of aromatic nitrogens is 2. The van der Waals surface area contributed by atoms with Crippen LogP contribution in [0.15, 0.2) is 54.6 Å². The van der Waals surface area contributed by atoms with Gasteiger partial charge in [0, 0.05) is 44.1 Å². The molecule has 0 atom stereocenters. The molecule has 1 N–H and O–H groups in total. The number of carbonyl (C=O) groups excluding carboxylic acids is 1. The van der Waals surface area contributed by atoms with Gasteiger partial charge in [0.1, 0.15) is 11.6 Å². The van der Waals surface area contributed by atoms with Crippen LogP contribution in [-0.4, -0.2) is 53.6 Å². The van der Waals surface area contributed by atoms with E-state index in [1.54, 1.807) is 7.11 Å². The molecule has 0 saturated carbocycles. The van der Waals surface area contributed by atoms with Crippen molar-refractivity contribution in [2.75, 3.05) is 43.5 Å². The fourth-order valence-electron chi connectivity index (χ4n) is 3.48. The van der Waals surface area contributed by atoms with Gasteiger partial charge in [-0.1, -0.05) is 42.5 Å². The number of hydrogen-bond donors (Lipinski definition) is 1. The molecule has 0 bridgehead atoms. The zero-order valence-corrected chi connectivity index (χ0v) is 17.8. The van der Waals surface area contributed by atoms with Crippen molar-refractivity contribution < 1.29 is 9.53 Å². The van der Waals surface area contributed by atoms with Gasteiger partial charge in [0.2, 0.25) is 5.13 Å². The van der Waals surface area contributed by atoms with Gasteiger partial charge in [0.05, 0.1) is 12.8 Å². The summed E-state index contributed by atoms with van der Waals surface area (Å²) in [5.41, 5.74) is 1.89. The first-order valence-corrected chi connectivity index (χ1v) is 10.8. The molecule has 2 heterocycles.